The maximum absolute atomic E-state index is 11.7. The number of urea groups is 1. The third-order valence-corrected chi connectivity index (χ3v) is 3.96. The molecule has 2 heterocycles. The van der Waals surface area contributed by atoms with Crippen molar-refractivity contribution >= 4 is 28.9 Å². The number of carbonyl (C=O) groups is 1. The van der Waals surface area contributed by atoms with E-state index in [-0.39, 0.29) is 12.1 Å². The van der Waals surface area contributed by atoms with Gasteiger partial charge < -0.3 is 20.3 Å². The van der Waals surface area contributed by atoms with Crippen LogP contribution in [0.4, 0.5) is 27.7 Å². The molecule has 7 nitrogen and oxygen atoms in total. The number of benzene rings is 1. The molecule has 0 radical (unpaired) electrons. The molecule has 3 rings (SSSR count). The van der Waals surface area contributed by atoms with Crippen molar-refractivity contribution in [1.82, 2.24) is 10.3 Å². The summed E-state index contributed by atoms with van der Waals surface area (Å²) in [5.41, 5.74) is 3.03. The number of hydrogen-bond acceptors (Lipinski definition) is 5. The minimum absolute atomic E-state index is 0.0765. The molecule has 3 N–H and O–H groups in total. The minimum Gasteiger partial charge on any atom is -0.378 e. The number of pyridine rings is 1. The van der Waals surface area contributed by atoms with Crippen LogP contribution in [0.1, 0.15) is 13.8 Å². The summed E-state index contributed by atoms with van der Waals surface area (Å²) in [6.07, 6.45) is 1.71. The Hall–Kier alpha value is -2.80. The van der Waals surface area contributed by atoms with E-state index in [1.807, 2.05) is 38.1 Å². The number of anilines is 4. The normalized spacial score (nSPS) is 14.2. The summed E-state index contributed by atoms with van der Waals surface area (Å²) >= 11 is 0. The van der Waals surface area contributed by atoms with Crippen LogP contribution in [0.3, 0.4) is 0 Å². The minimum atomic E-state index is -0.258. The number of para-hydroxylation sites is 2. The van der Waals surface area contributed by atoms with Crippen LogP contribution in [0, 0.1) is 0 Å². The van der Waals surface area contributed by atoms with Gasteiger partial charge in [0.25, 0.3) is 0 Å². The van der Waals surface area contributed by atoms with E-state index in [4.69, 9.17) is 4.74 Å². The topological polar surface area (TPSA) is 78.5 Å². The van der Waals surface area contributed by atoms with Crippen molar-refractivity contribution in [2.45, 2.75) is 19.9 Å². The van der Waals surface area contributed by atoms with Crippen LogP contribution in [0.25, 0.3) is 0 Å². The summed E-state index contributed by atoms with van der Waals surface area (Å²) in [4.78, 5) is 18.3. The number of morpholine rings is 1. The zero-order valence-electron chi connectivity index (χ0n) is 15.2. The van der Waals surface area contributed by atoms with Gasteiger partial charge in [0.2, 0.25) is 0 Å². The van der Waals surface area contributed by atoms with Gasteiger partial charge >= 0.3 is 6.03 Å². The molecule has 1 aliphatic rings. The van der Waals surface area contributed by atoms with E-state index in [0.29, 0.717) is 5.82 Å². The molecule has 138 valence electrons. The summed E-state index contributed by atoms with van der Waals surface area (Å²) in [7, 11) is 0. The molecule has 0 aliphatic carbocycles. The van der Waals surface area contributed by atoms with Gasteiger partial charge in [0.05, 0.1) is 36.5 Å². The SMILES string of the molecule is CC(C)NC(=O)Nc1ccc(Nc2ccccc2N2CCOCC2)cn1. The first kappa shape index (κ1) is 18.0. The van der Waals surface area contributed by atoms with Crippen LogP contribution in [-0.4, -0.2) is 43.4 Å². The Morgan fingerprint density at radius 1 is 1.15 bits per heavy atom. The van der Waals surface area contributed by atoms with Gasteiger partial charge in [-0.25, -0.2) is 9.78 Å². The van der Waals surface area contributed by atoms with E-state index < -0.39 is 0 Å². The third-order valence-electron chi connectivity index (χ3n) is 3.96. The lowest BCUT2D eigenvalue weighted by Gasteiger charge is -2.30. The molecule has 0 unspecified atom stereocenters. The number of amides is 2. The molecule has 1 saturated heterocycles. The van der Waals surface area contributed by atoms with Crippen molar-refractivity contribution in [2.24, 2.45) is 0 Å². The van der Waals surface area contributed by atoms with Gasteiger partial charge in [0, 0.05) is 19.1 Å². The second-order valence-electron chi connectivity index (χ2n) is 6.43. The first-order chi connectivity index (χ1) is 12.6. The van der Waals surface area contributed by atoms with Gasteiger partial charge in [-0.1, -0.05) is 12.1 Å². The predicted octanol–water partition coefficient (Wildman–Crippen LogP) is 3.19. The van der Waals surface area contributed by atoms with E-state index in [0.717, 1.165) is 43.4 Å². The van der Waals surface area contributed by atoms with Crippen LogP contribution in [0.2, 0.25) is 0 Å². The predicted molar refractivity (Wildman–Crippen MR) is 104 cm³/mol. The number of hydrogen-bond donors (Lipinski definition) is 3. The molecule has 7 heteroatoms. The number of aromatic nitrogens is 1. The van der Waals surface area contributed by atoms with E-state index in [1.54, 1.807) is 12.3 Å². The van der Waals surface area contributed by atoms with E-state index >= 15 is 0 Å². The molecule has 2 aromatic rings. The van der Waals surface area contributed by atoms with Crippen LogP contribution in [-0.2, 0) is 4.74 Å². The fraction of sp³-hybridized carbons (Fsp3) is 0.368. The molecule has 0 atom stereocenters. The maximum Gasteiger partial charge on any atom is 0.320 e. The second kappa shape index (κ2) is 8.53. The number of nitrogens with zero attached hydrogens (tertiary/aromatic N) is 2. The van der Waals surface area contributed by atoms with Gasteiger partial charge in [-0.05, 0) is 38.1 Å². The van der Waals surface area contributed by atoms with Crippen molar-refractivity contribution in [3.05, 3.63) is 42.6 Å². The molecule has 0 saturated carbocycles. The van der Waals surface area contributed by atoms with Gasteiger partial charge in [-0.3, -0.25) is 5.32 Å². The van der Waals surface area contributed by atoms with Crippen molar-refractivity contribution in [2.75, 3.05) is 41.8 Å². The van der Waals surface area contributed by atoms with Gasteiger partial charge in [-0.15, -0.1) is 0 Å². The Morgan fingerprint density at radius 2 is 1.92 bits per heavy atom. The fourth-order valence-corrected chi connectivity index (χ4v) is 2.77. The van der Waals surface area contributed by atoms with Gasteiger partial charge in [0.15, 0.2) is 0 Å². The molecule has 26 heavy (non-hydrogen) atoms. The first-order valence-corrected chi connectivity index (χ1v) is 8.84. The van der Waals surface area contributed by atoms with E-state index in [2.05, 4.69) is 31.9 Å². The summed E-state index contributed by atoms with van der Waals surface area (Å²) in [6, 6.07) is 11.7. The molecule has 0 bridgehead atoms. The fourth-order valence-electron chi connectivity index (χ4n) is 2.77. The lowest BCUT2D eigenvalue weighted by atomic mass is 10.2. The molecule has 1 aliphatic heterocycles. The van der Waals surface area contributed by atoms with Gasteiger partial charge in [0.1, 0.15) is 5.82 Å². The Kier molecular flexibility index (Phi) is 5.91. The average molecular weight is 355 g/mol. The molecule has 0 spiro atoms. The lowest BCUT2D eigenvalue weighted by Crippen LogP contribution is -2.36. The Bertz CT molecular complexity index is 727. The molecule has 2 amide bonds. The number of ether oxygens (including phenoxy) is 1. The highest BCUT2D eigenvalue weighted by Gasteiger charge is 2.14. The molecule has 1 fully saturated rings. The molecular formula is C19H25N5O2. The Morgan fingerprint density at radius 3 is 2.62 bits per heavy atom. The Labute approximate surface area is 153 Å². The van der Waals surface area contributed by atoms with Gasteiger partial charge in [-0.2, -0.15) is 0 Å². The van der Waals surface area contributed by atoms with Crippen molar-refractivity contribution in [3.8, 4) is 0 Å². The summed E-state index contributed by atoms with van der Waals surface area (Å²) in [6.45, 7) is 7.07. The zero-order valence-corrected chi connectivity index (χ0v) is 15.2. The van der Waals surface area contributed by atoms with Crippen LogP contribution >= 0.6 is 0 Å². The smallest absolute Gasteiger partial charge is 0.320 e. The monoisotopic (exact) mass is 355 g/mol. The molecule has 1 aromatic heterocycles. The Balaban J connectivity index is 1.67. The average Bonchev–Trinajstić information content (AvgIpc) is 2.64. The van der Waals surface area contributed by atoms with E-state index in [9.17, 15) is 4.79 Å². The van der Waals surface area contributed by atoms with E-state index in [1.165, 1.54) is 0 Å². The summed E-state index contributed by atoms with van der Waals surface area (Å²) in [5, 5.41) is 8.89. The van der Waals surface area contributed by atoms with Crippen molar-refractivity contribution < 1.29 is 9.53 Å². The lowest BCUT2D eigenvalue weighted by molar-refractivity contribution is 0.123. The highest BCUT2D eigenvalue weighted by molar-refractivity contribution is 5.88. The highest BCUT2D eigenvalue weighted by Crippen LogP contribution is 2.29. The van der Waals surface area contributed by atoms with Crippen LogP contribution in [0.15, 0.2) is 42.6 Å². The number of nitrogens with one attached hydrogen (secondary N) is 3. The number of carbonyl (C=O) groups excluding carboxylic acids is 1. The third kappa shape index (κ3) is 4.86. The zero-order chi connectivity index (χ0) is 18.4. The van der Waals surface area contributed by atoms with Crippen LogP contribution in [0.5, 0.6) is 0 Å². The quantitative estimate of drug-likeness (QED) is 0.768. The maximum atomic E-state index is 11.7. The standard InChI is InChI=1S/C19H25N5O2/c1-14(2)21-19(25)23-18-8-7-15(13-20-18)22-16-5-3-4-6-17(16)24-9-11-26-12-10-24/h3-8,13-14,22H,9-12H2,1-2H3,(H2,20,21,23,25). The second-order valence-corrected chi connectivity index (χ2v) is 6.43. The largest absolute Gasteiger partial charge is 0.378 e. The first-order valence-electron chi connectivity index (χ1n) is 8.84. The van der Waals surface area contributed by atoms with Crippen molar-refractivity contribution in [3.63, 3.8) is 0 Å². The number of rotatable bonds is 5. The molecular weight excluding hydrogens is 330 g/mol. The highest BCUT2D eigenvalue weighted by atomic mass is 16.5. The summed E-state index contributed by atoms with van der Waals surface area (Å²) < 4.78 is 5.44. The molecule has 1 aromatic carbocycles. The van der Waals surface area contributed by atoms with Crippen molar-refractivity contribution in [1.29, 1.82) is 0 Å². The summed E-state index contributed by atoms with van der Waals surface area (Å²) in [5.74, 6) is 0.509. The van der Waals surface area contributed by atoms with Crippen LogP contribution < -0.4 is 20.9 Å².